The van der Waals surface area contributed by atoms with Gasteiger partial charge in [-0.15, -0.1) is 0 Å². The fourth-order valence-corrected chi connectivity index (χ4v) is 3.17. The minimum absolute atomic E-state index is 0.0231. The van der Waals surface area contributed by atoms with Gasteiger partial charge in [-0.1, -0.05) is 30.3 Å². The Kier molecular flexibility index (Phi) is 3.09. The summed E-state index contributed by atoms with van der Waals surface area (Å²) in [5.74, 6) is 0.832. The fourth-order valence-electron chi connectivity index (χ4n) is 3.17. The lowest BCUT2D eigenvalue weighted by Gasteiger charge is -2.30. The lowest BCUT2D eigenvalue weighted by atomic mass is 10.1. The summed E-state index contributed by atoms with van der Waals surface area (Å²) in [6.45, 7) is 2.61. The molecule has 2 aliphatic heterocycles. The van der Waals surface area contributed by atoms with E-state index in [4.69, 9.17) is 4.42 Å². The summed E-state index contributed by atoms with van der Waals surface area (Å²) in [6, 6.07) is 10.1. The topological polar surface area (TPSA) is 58.4 Å². The lowest BCUT2D eigenvalue weighted by molar-refractivity contribution is 0.0782. The molecule has 4 rings (SSSR count). The van der Waals surface area contributed by atoms with Gasteiger partial charge in [0, 0.05) is 31.2 Å². The summed E-state index contributed by atoms with van der Waals surface area (Å²) in [5.41, 5.74) is 0.937. The predicted octanol–water partition coefficient (Wildman–Crippen LogP) is 1.57. The minimum atomic E-state index is -0.147. The highest BCUT2D eigenvalue weighted by atomic mass is 16.4. The largest absolute Gasteiger partial charge is 0.434 e. The molecule has 5 nitrogen and oxygen atoms in total. The van der Waals surface area contributed by atoms with Gasteiger partial charge in [0.05, 0.1) is 12.2 Å². The summed E-state index contributed by atoms with van der Waals surface area (Å²) in [6.07, 6.45) is 2.75. The van der Waals surface area contributed by atoms with Crippen molar-refractivity contribution in [2.75, 3.05) is 19.6 Å². The first kappa shape index (κ1) is 12.7. The van der Waals surface area contributed by atoms with Crippen LogP contribution >= 0.6 is 0 Å². The number of aromatic nitrogens is 1. The number of Topliss-reactive ketones (excluding diaryl/α,β-unsaturated/α-hetero) is 1. The van der Waals surface area contributed by atoms with Gasteiger partial charge in [-0.2, -0.15) is 0 Å². The van der Waals surface area contributed by atoms with Crippen molar-refractivity contribution in [3.63, 3.8) is 0 Å². The van der Waals surface area contributed by atoms with Gasteiger partial charge in [0.15, 0.2) is 5.76 Å². The standard InChI is InChI=1S/C16H17N3O2/c20-15(13-8-17-12-6-7-19(13)10-12)16-18-9-14(21-16)11-4-2-1-3-5-11/h1-5,9,12-13,17H,6-8,10H2. The smallest absolute Gasteiger partial charge is 0.265 e. The van der Waals surface area contributed by atoms with Crippen LogP contribution in [-0.2, 0) is 0 Å². The van der Waals surface area contributed by atoms with Crippen molar-refractivity contribution < 1.29 is 9.21 Å². The van der Waals surface area contributed by atoms with Crippen LogP contribution < -0.4 is 5.32 Å². The zero-order valence-electron chi connectivity index (χ0n) is 11.7. The molecule has 1 aromatic carbocycles. The number of benzene rings is 1. The van der Waals surface area contributed by atoms with Gasteiger partial charge in [0.1, 0.15) is 0 Å². The third kappa shape index (κ3) is 2.28. The van der Waals surface area contributed by atoms with E-state index in [1.165, 1.54) is 0 Å². The number of ketones is 1. The molecule has 108 valence electrons. The van der Waals surface area contributed by atoms with Crippen LogP contribution in [0.2, 0.25) is 0 Å². The molecule has 1 N–H and O–H groups in total. The summed E-state index contributed by atoms with van der Waals surface area (Å²) in [4.78, 5) is 19.0. The molecule has 5 heteroatoms. The van der Waals surface area contributed by atoms with Gasteiger partial charge >= 0.3 is 0 Å². The van der Waals surface area contributed by atoms with Crippen LogP contribution in [0.5, 0.6) is 0 Å². The second kappa shape index (κ2) is 5.09. The Morgan fingerprint density at radius 1 is 1.33 bits per heavy atom. The Morgan fingerprint density at radius 2 is 2.19 bits per heavy atom. The molecule has 2 aromatic rings. The van der Waals surface area contributed by atoms with Crippen molar-refractivity contribution in [3.8, 4) is 11.3 Å². The van der Waals surface area contributed by atoms with Gasteiger partial charge in [-0.25, -0.2) is 4.98 Å². The van der Waals surface area contributed by atoms with Crippen LogP contribution in [-0.4, -0.2) is 47.4 Å². The second-order valence-electron chi connectivity index (χ2n) is 5.66. The molecular formula is C16H17N3O2. The van der Waals surface area contributed by atoms with E-state index < -0.39 is 0 Å². The molecule has 2 bridgehead atoms. The number of nitrogens with one attached hydrogen (secondary N) is 1. The van der Waals surface area contributed by atoms with Crippen LogP contribution in [0.25, 0.3) is 11.3 Å². The van der Waals surface area contributed by atoms with Crippen LogP contribution in [0.15, 0.2) is 40.9 Å². The Bertz CT molecular complexity index is 653. The zero-order valence-corrected chi connectivity index (χ0v) is 11.7. The van der Waals surface area contributed by atoms with E-state index in [1.54, 1.807) is 6.20 Å². The Morgan fingerprint density at radius 3 is 3.05 bits per heavy atom. The van der Waals surface area contributed by atoms with E-state index in [-0.39, 0.29) is 17.7 Å². The molecule has 3 atom stereocenters. The van der Waals surface area contributed by atoms with Gasteiger partial charge in [-0.05, 0) is 6.42 Å². The highest BCUT2D eigenvalue weighted by molar-refractivity contribution is 5.96. The maximum absolute atomic E-state index is 12.6. The number of carbonyl (C=O) groups excluding carboxylic acids is 1. The van der Waals surface area contributed by atoms with Crippen molar-refractivity contribution >= 4 is 5.78 Å². The Hall–Kier alpha value is -1.98. The molecule has 21 heavy (non-hydrogen) atoms. The van der Waals surface area contributed by atoms with Gasteiger partial charge < -0.3 is 9.73 Å². The number of hydrogen-bond acceptors (Lipinski definition) is 5. The molecule has 0 amide bonds. The first-order valence-electron chi connectivity index (χ1n) is 7.34. The first-order chi connectivity index (χ1) is 10.3. The van der Waals surface area contributed by atoms with Crippen LogP contribution in [0.1, 0.15) is 17.1 Å². The SMILES string of the molecule is O=C(c1ncc(-c2ccccc2)o1)C1CNC2CCN1C2. The first-order valence-corrected chi connectivity index (χ1v) is 7.34. The summed E-state index contributed by atoms with van der Waals surface area (Å²) in [7, 11) is 0. The number of oxazole rings is 1. The molecule has 0 aliphatic carbocycles. The van der Waals surface area contributed by atoms with E-state index in [0.29, 0.717) is 18.3 Å². The second-order valence-corrected chi connectivity index (χ2v) is 5.66. The molecule has 2 saturated heterocycles. The molecule has 0 saturated carbocycles. The van der Waals surface area contributed by atoms with Crippen molar-refractivity contribution in [2.24, 2.45) is 0 Å². The van der Waals surface area contributed by atoms with Gasteiger partial charge in [0.2, 0.25) is 5.78 Å². The quantitative estimate of drug-likeness (QED) is 0.867. The van der Waals surface area contributed by atoms with Crippen molar-refractivity contribution in [3.05, 3.63) is 42.4 Å². The number of nitrogens with zero attached hydrogens (tertiary/aromatic N) is 2. The highest BCUT2D eigenvalue weighted by Gasteiger charge is 2.38. The van der Waals surface area contributed by atoms with Crippen LogP contribution in [0.3, 0.4) is 0 Å². The molecule has 3 unspecified atom stereocenters. The van der Waals surface area contributed by atoms with Crippen LogP contribution in [0, 0.1) is 0 Å². The molecule has 2 aliphatic rings. The number of rotatable bonds is 3. The minimum Gasteiger partial charge on any atom is -0.434 e. The monoisotopic (exact) mass is 283 g/mol. The highest BCUT2D eigenvalue weighted by Crippen LogP contribution is 2.23. The summed E-state index contributed by atoms with van der Waals surface area (Å²) >= 11 is 0. The maximum atomic E-state index is 12.6. The van der Waals surface area contributed by atoms with E-state index in [0.717, 1.165) is 25.1 Å². The Labute approximate surface area is 123 Å². The third-order valence-corrected chi connectivity index (χ3v) is 4.34. The molecule has 3 heterocycles. The normalized spacial score (nSPS) is 27.7. The van der Waals surface area contributed by atoms with Gasteiger partial charge in [0.25, 0.3) is 5.89 Å². The zero-order chi connectivity index (χ0) is 14.2. The summed E-state index contributed by atoms with van der Waals surface area (Å²) < 4.78 is 5.68. The van der Waals surface area contributed by atoms with Crippen molar-refractivity contribution in [1.82, 2.24) is 15.2 Å². The molecular weight excluding hydrogens is 266 g/mol. The molecule has 1 aromatic heterocycles. The summed E-state index contributed by atoms with van der Waals surface area (Å²) in [5, 5.41) is 3.42. The Balaban J connectivity index is 1.56. The number of carbonyl (C=O) groups is 1. The number of piperazine rings is 1. The average Bonchev–Trinajstić information content (AvgIpc) is 3.15. The van der Waals surface area contributed by atoms with E-state index in [2.05, 4.69) is 15.2 Å². The lowest BCUT2D eigenvalue weighted by Crippen LogP contribution is -2.53. The van der Waals surface area contributed by atoms with E-state index >= 15 is 0 Å². The van der Waals surface area contributed by atoms with Crippen LogP contribution in [0.4, 0.5) is 0 Å². The molecule has 0 radical (unpaired) electrons. The van der Waals surface area contributed by atoms with Gasteiger partial charge in [-0.3, -0.25) is 9.69 Å². The fraction of sp³-hybridized carbons (Fsp3) is 0.375. The molecule has 2 fully saturated rings. The number of hydrogen-bond donors (Lipinski definition) is 1. The average molecular weight is 283 g/mol. The predicted molar refractivity (Wildman–Crippen MR) is 78.0 cm³/mol. The van der Waals surface area contributed by atoms with Crippen molar-refractivity contribution in [2.45, 2.75) is 18.5 Å². The van der Waals surface area contributed by atoms with E-state index in [1.807, 2.05) is 30.3 Å². The number of fused-ring (bicyclic) bond motifs is 2. The third-order valence-electron chi connectivity index (χ3n) is 4.34. The molecule has 0 spiro atoms. The van der Waals surface area contributed by atoms with E-state index in [9.17, 15) is 4.79 Å². The maximum Gasteiger partial charge on any atom is 0.265 e. The van der Waals surface area contributed by atoms with Crippen molar-refractivity contribution in [1.29, 1.82) is 0 Å².